The molecule has 2 heterocycles. The Labute approximate surface area is 262 Å². The van der Waals surface area contributed by atoms with Crippen molar-refractivity contribution in [2.45, 2.75) is 82.5 Å². The fraction of sp³-hybridized carbons (Fsp3) is 0.552. The van der Waals surface area contributed by atoms with Crippen molar-refractivity contribution >= 4 is 35.9 Å². The van der Waals surface area contributed by atoms with Crippen molar-refractivity contribution in [1.29, 1.82) is 0 Å². The van der Waals surface area contributed by atoms with Crippen LogP contribution in [-0.4, -0.2) is 125 Å². The molecule has 2 saturated heterocycles. The van der Waals surface area contributed by atoms with Gasteiger partial charge in [0, 0.05) is 33.8 Å². The van der Waals surface area contributed by atoms with Crippen LogP contribution in [0.15, 0.2) is 30.3 Å². The molecule has 0 spiro atoms. The zero-order chi connectivity index (χ0) is 34.2. The van der Waals surface area contributed by atoms with Crippen molar-refractivity contribution in [1.82, 2.24) is 0 Å². The van der Waals surface area contributed by atoms with E-state index in [2.05, 4.69) is 0 Å². The quantitative estimate of drug-likeness (QED) is 0.118. The van der Waals surface area contributed by atoms with Gasteiger partial charge < -0.3 is 58.3 Å². The van der Waals surface area contributed by atoms with E-state index in [4.69, 9.17) is 37.9 Å². The van der Waals surface area contributed by atoms with Crippen LogP contribution >= 0.6 is 0 Å². The van der Waals surface area contributed by atoms with Gasteiger partial charge in [0.1, 0.15) is 56.1 Å². The Kier molecular flexibility index (Phi) is 12.6. The first-order valence-electron chi connectivity index (χ1n) is 13.9. The van der Waals surface area contributed by atoms with Gasteiger partial charge in [0.25, 0.3) is 0 Å². The smallest absolute Gasteiger partial charge is 0.331 e. The molecule has 46 heavy (non-hydrogen) atoms. The second-order valence-electron chi connectivity index (χ2n) is 10.3. The van der Waals surface area contributed by atoms with Gasteiger partial charge in [0.2, 0.25) is 12.1 Å². The predicted octanol–water partition coefficient (Wildman–Crippen LogP) is -1.14. The first-order chi connectivity index (χ1) is 21.6. The maximum Gasteiger partial charge on any atom is 0.331 e. The number of phenols is 1. The van der Waals surface area contributed by atoms with Gasteiger partial charge >= 0.3 is 29.8 Å². The molecule has 254 valence electrons. The number of benzene rings is 1. The Morgan fingerprint density at radius 2 is 1.46 bits per heavy atom. The number of carbonyl (C=O) groups is 5. The number of aromatic hydroxyl groups is 1. The number of hydrogen-bond donors (Lipinski definition) is 4. The van der Waals surface area contributed by atoms with Crippen LogP contribution in [0.25, 0.3) is 6.08 Å². The summed E-state index contributed by atoms with van der Waals surface area (Å²) >= 11 is 0. The van der Waals surface area contributed by atoms with E-state index in [0.29, 0.717) is 5.56 Å². The topological polar surface area (TPSA) is 240 Å². The molecule has 4 N–H and O–H groups in total. The molecule has 0 radical (unpaired) electrons. The van der Waals surface area contributed by atoms with Crippen LogP contribution in [-0.2, 0) is 61.9 Å². The minimum absolute atomic E-state index is 0.0774. The van der Waals surface area contributed by atoms with E-state index in [0.717, 1.165) is 33.8 Å². The highest BCUT2D eigenvalue weighted by Crippen LogP contribution is 2.39. The average Bonchev–Trinajstić information content (AvgIpc) is 3.22. The van der Waals surface area contributed by atoms with Crippen molar-refractivity contribution in [3.05, 3.63) is 35.9 Å². The Hall–Kier alpha value is -4.13. The van der Waals surface area contributed by atoms with E-state index >= 15 is 0 Å². The number of phenolic OH excluding ortho intramolecular Hbond substituents is 1. The third-order valence-electron chi connectivity index (χ3n) is 6.64. The van der Waals surface area contributed by atoms with Gasteiger partial charge in [-0.1, -0.05) is 12.1 Å². The number of hydrogen-bond acceptors (Lipinski definition) is 17. The van der Waals surface area contributed by atoms with Gasteiger partial charge in [-0.3, -0.25) is 19.2 Å². The summed E-state index contributed by atoms with van der Waals surface area (Å²) in [5.41, 5.74) is 0.404. The average molecular weight is 657 g/mol. The predicted molar refractivity (Wildman–Crippen MR) is 148 cm³/mol. The summed E-state index contributed by atoms with van der Waals surface area (Å²) in [6, 6.07) is 5.86. The molecular weight excluding hydrogens is 620 g/mol. The molecule has 0 aliphatic carbocycles. The fourth-order valence-electron chi connectivity index (χ4n) is 4.60. The van der Waals surface area contributed by atoms with Gasteiger partial charge in [-0.25, -0.2) is 4.79 Å². The van der Waals surface area contributed by atoms with Crippen LogP contribution in [0, 0.1) is 0 Å². The molecule has 1 aromatic carbocycles. The van der Waals surface area contributed by atoms with Crippen molar-refractivity contribution in [2.75, 3.05) is 19.8 Å². The molecular formula is C29H36O17. The number of rotatable bonds is 12. The lowest BCUT2D eigenvalue weighted by Crippen LogP contribution is -2.64. The minimum atomic E-state index is -2.48. The highest BCUT2D eigenvalue weighted by molar-refractivity contribution is 5.87. The van der Waals surface area contributed by atoms with E-state index in [1.54, 1.807) is 6.07 Å². The molecule has 9 unspecified atom stereocenters. The lowest BCUT2D eigenvalue weighted by molar-refractivity contribution is -0.384. The molecule has 0 saturated carbocycles. The Bertz CT molecular complexity index is 1290. The first kappa shape index (κ1) is 36.3. The van der Waals surface area contributed by atoms with E-state index in [1.165, 1.54) is 24.3 Å². The van der Waals surface area contributed by atoms with Crippen molar-refractivity contribution in [2.24, 2.45) is 0 Å². The molecule has 0 aromatic heterocycles. The number of aliphatic hydroxyl groups excluding tert-OH is 3. The van der Waals surface area contributed by atoms with Crippen molar-refractivity contribution < 1.29 is 82.3 Å². The molecule has 2 aliphatic heterocycles. The lowest BCUT2D eigenvalue weighted by Gasteiger charge is -2.44. The number of ether oxygens (including phenoxy) is 8. The largest absolute Gasteiger partial charge is 0.508 e. The highest BCUT2D eigenvalue weighted by atomic mass is 16.8. The Balaban J connectivity index is 2.02. The number of carbonyl (C=O) groups excluding carboxylic acids is 5. The summed E-state index contributed by atoms with van der Waals surface area (Å²) in [6.07, 6.45) is -11.7. The SMILES string of the molecule is CC(=O)OCC1OC(OC2(COC(C)=O)OC(COC(C)=O)C(O)C2OC(=O)C=Cc2cccc(O)c2)C(OC(C)=O)C(O)C1O. The van der Waals surface area contributed by atoms with E-state index in [-0.39, 0.29) is 5.75 Å². The normalized spacial score (nSPS) is 30.8. The van der Waals surface area contributed by atoms with E-state index in [1.807, 2.05) is 0 Å². The second-order valence-corrected chi connectivity index (χ2v) is 10.3. The molecule has 17 heteroatoms. The van der Waals surface area contributed by atoms with Crippen LogP contribution in [0.5, 0.6) is 5.75 Å². The summed E-state index contributed by atoms with van der Waals surface area (Å²) in [7, 11) is 0. The Morgan fingerprint density at radius 3 is 2.04 bits per heavy atom. The van der Waals surface area contributed by atoms with Gasteiger partial charge in [-0.05, 0) is 23.8 Å². The summed E-state index contributed by atoms with van der Waals surface area (Å²) in [5.74, 6) is -6.97. The lowest BCUT2D eigenvalue weighted by atomic mass is 9.98. The molecule has 9 atom stereocenters. The van der Waals surface area contributed by atoms with Gasteiger partial charge in [-0.2, -0.15) is 0 Å². The van der Waals surface area contributed by atoms with Crippen molar-refractivity contribution in [3.63, 3.8) is 0 Å². The minimum Gasteiger partial charge on any atom is -0.508 e. The monoisotopic (exact) mass is 656 g/mol. The second kappa shape index (κ2) is 15.9. The van der Waals surface area contributed by atoms with Crippen LogP contribution in [0.4, 0.5) is 0 Å². The number of aliphatic hydroxyl groups is 3. The standard InChI is InChI=1S/C29H36O17/c1-14(30)39-11-20-23(36)25(38)26(42-17(4)33)28(43-20)46-29(13-41-16(3)32)27(24(37)21(45-29)12-40-15(2)31)44-22(35)9-8-18-6-5-7-19(34)10-18/h5-10,20-21,23-28,34,36-38H,11-13H2,1-4H3. The third-order valence-corrected chi connectivity index (χ3v) is 6.64. The first-order valence-corrected chi connectivity index (χ1v) is 13.9. The highest BCUT2D eigenvalue weighted by Gasteiger charge is 2.62. The van der Waals surface area contributed by atoms with Crippen LogP contribution in [0.2, 0.25) is 0 Å². The molecule has 2 aliphatic rings. The third kappa shape index (κ3) is 9.68. The zero-order valence-corrected chi connectivity index (χ0v) is 25.3. The van der Waals surface area contributed by atoms with Crippen LogP contribution < -0.4 is 0 Å². The van der Waals surface area contributed by atoms with E-state index < -0.39 is 104 Å². The fourth-order valence-corrected chi connectivity index (χ4v) is 4.60. The number of esters is 5. The summed E-state index contributed by atoms with van der Waals surface area (Å²) < 4.78 is 43.3. The van der Waals surface area contributed by atoms with Crippen molar-refractivity contribution in [3.8, 4) is 5.75 Å². The summed E-state index contributed by atoms with van der Waals surface area (Å²) in [4.78, 5) is 59.8. The maximum absolute atomic E-state index is 13.0. The van der Waals surface area contributed by atoms with Gasteiger partial charge in [0.05, 0.1) is 0 Å². The molecule has 1 aromatic rings. The molecule has 3 rings (SSSR count). The van der Waals surface area contributed by atoms with Crippen LogP contribution in [0.3, 0.4) is 0 Å². The summed E-state index contributed by atoms with van der Waals surface area (Å²) in [5, 5.41) is 42.4. The maximum atomic E-state index is 13.0. The summed E-state index contributed by atoms with van der Waals surface area (Å²) in [6.45, 7) is 2.11. The molecule has 0 amide bonds. The van der Waals surface area contributed by atoms with Crippen LogP contribution in [0.1, 0.15) is 33.3 Å². The zero-order valence-electron chi connectivity index (χ0n) is 25.3. The molecule has 2 fully saturated rings. The van der Waals surface area contributed by atoms with Gasteiger partial charge in [-0.15, -0.1) is 0 Å². The Morgan fingerprint density at radius 1 is 0.826 bits per heavy atom. The molecule has 0 bridgehead atoms. The molecule has 17 nitrogen and oxygen atoms in total. The van der Waals surface area contributed by atoms with E-state index in [9.17, 15) is 44.4 Å². The van der Waals surface area contributed by atoms with Gasteiger partial charge in [0.15, 0.2) is 12.2 Å².